The summed E-state index contributed by atoms with van der Waals surface area (Å²) in [4.78, 5) is 16.7. The Morgan fingerprint density at radius 1 is 1.18 bits per heavy atom. The molecule has 0 aliphatic rings. The Labute approximate surface area is 174 Å². The molecule has 1 atom stereocenters. The predicted molar refractivity (Wildman–Crippen MR) is 114 cm³/mol. The molecule has 0 aliphatic carbocycles. The van der Waals surface area contributed by atoms with Gasteiger partial charge in [0, 0.05) is 10.8 Å². The van der Waals surface area contributed by atoms with Crippen molar-refractivity contribution in [2.75, 3.05) is 5.75 Å². The highest BCUT2D eigenvalue weighted by Gasteiger charge is 2.26. The molecule has 1 unspecified atom stereocenters. The van der Waals surface area contributed by atoms with Gasteiger partial charge in [0.15, 0.2) is 5.16 Å². The number of hydrogen-bond acceptors (Lipinski definition) is 3. The zero-order valence-electron chi connectivity index (χ0n) is 15.7. The van der Waals surface area contributed by atoms with Crippen molar-refractivity contribution in [2.24, 2.45) is 0 Å². The largest absolute Gasteiger partial charge is 0.481 e. The summed E-state index contributed by atoms with van der Waals surface area (Å²) in [6.45, 7) is 2.62. The van der Waals surface area contributed by atoms with Crippen LogP contribution in [0.4, 0.5) is 0 Å². The Morgan fingerprint density at radius 3 is 2.57 bits per heavy atom. The van der Waals surface area contributed by atoms with Gasteiger partial charge in [-0.05, 0) is 30.0 Å². The van der Waals surface area contributed by atoms with E-state index in [-0.39, 0.29) is 0 Å². The van der Waals surface area contributed by atoms with Gasteiger partial charge in [-0.2, -0.15) is 0 Å². The monoisotopic (exact) mass is 414 g/mol. The Balaban J connectivity index is 1.99. The zero-order chi connectivity index (χ0) is 19.9. The lowest BCUT2D eigenvalue weighted by molar-refractivity contribution is -0.138. The first-order valence-electron chi connectivity index (χ1n) is 9.28. The van der Waals surface area contributed by atoms with E-state index >= 15 is 0 Å². The molecule has 3 aromatic rings. The third-order valence-corrected chi connectivity index (χ3v) is 6.07. The maximum atomic E-state index is 12.1. The van der Waals surface area contributed by atoms with Crippen LogP contribution in [0.3, 0.4) is 0 Å². The van der Waals surface area contributed by atoms with Crippen molar-refractivity contribution in [1.82, 2.24) is 9.55 Å². The van der Waals surface area contributed by atoms with Gasteiger partial charge in [0.2, 0.25) is 0 Å². The van der Waals surface area contributed by atoms with Crippen LogP contribution in [-0.4, -0.2) is 26.4 Å². The highest BCUT2D eigenvalue weighted by atomic mass is 35.5. The number of benzene rings is 2. The smallest absolute Gasteiger partial charge is 0.312 e. The summed E-state index contributed by atoms with van der Waals surface area (Å²) in [5, 5.41) is 11.4. The van der Waals surface area contributed by atoms with Crippen molar-refractivity contribution in [3.05, 3.63) is 82.6 Å². The Bertz CT molecular complexity index is 927. The minimum atomic E-state index is -0.851. The average molecular weight is 415 g/mol. The molecule has 0 radical (unpaired) electrons. The summed E-state index contributed by atoms with van der Waals surface area (Å²) in [6.07, 6.45) is 3.14. The van der Waals surface area contributed by atoms with Gasteiger partial charge in [0.25, 0.3) is 0 Å². The van der Waals surface area contributed by atoms with E-state index in [2.05, 4.69) is 11.9 Å². The SMILES string of the molecule is CCCSc1ncc(C(Cc2ccccc2)C(=O)O)n1Cc1ccccc1Cl. The van der Waals surface area contributed by atoms with Crippen LogP contribution in [0.1, 0.15) is 36.1 Å². The van der Waals surface area contributed by atoms with Crippen molar-refractivity contribution in [1.29, 1.82) is 0 Å². The molecule has 28 heavy (non-hydrogen) atoms. The molecule has 3 rings (SSSR count). The molecule has 0 amide bonds. The van der Waals surface area contributed by atoms with E-state index in [4.69, 9.17) is 11.6 Å². The van der Waals surface area contributed by atoms with E-state index in [0.29, 0.717) is 23.7 Å². The highest BCUT2D eigenvalue weighted by Crippen LogP contribution is 2.29. The molecule has 0 spiro atoms. The minimum Gasteiger partial charge on any atom is -0.481 e. The van der Waals surface area contributed by atoms with Crippen LogP contribution in [0.5, 0.6) is 0 Å². The van der Waals surface area contributed by atoms with E-state index in [1.54, 1.807) is 18.0 Å². The van der Waals surface area contributed by atoms with Crippen molar-refractivity contribution in [2.45, 2.75) is 37.4 Å². The van der Waals surface area contributed by atoms with Gasteiger partial charge in [0.1, 0.15) is 5.92 Å². The fourth-order valence-electron chi connectivity index (χ4n) is 3.08. The molecule has 0 aliphatic heterocycles. The van der Waals surface area contributed by atoms with Crippen molar-refractivity contribution >= 4 is 29.3 Å². The fourth-order valence-corrected chi connectivity index (χ4v) is 4.12. The number of aliphatic carboxylic acids is 1. The lowest BCUT2D eigenvalue weighted by Crippen LogP contribution is -2.19. The third-order valence-electron chi connectivity index (χ3n) is 4.51. The summed E-state index contributed by atoms with van der Waals surface area (Å²) in [6, 6.07) is 17.3. The van der Waals surface area contributed by atoms with E-state index in [9.17, 15) is 9.90 Å². The normalized spacial score (nSPS) is 12.1. The highest BCUT2D eigenvalue weighted by molar-refractivity contribution is 7.99. The van der Waals surface area contributed by atoms with Crippen LogP contribution in [0.2, 0.25) is 5.02 Å². The first-order chi connectivity index (χ1) is 13.6. The molecule has 2 aromatic carbocycles. The number of imidazole rings is 1. The molecule has 6 heteroatoms. The summed E-state index contributed by atoms with van der Waals surface area (Å²) in [7, 11) is 0. The molecule has 0 saturated heterocycles. The molecular formula is C22H23ClN2O2S. The van der Waals surface area contributed by atoms with Crippen molar-refractivity contribution in [3.8, 4) is 0 Å². The van der Waals surface area contributed by atoms with E-state index in [1.165, 1.54) is 0 Å². The van der Waals surface area contributed by atoms with Gasteiger partial charge >= 0.3 is 5.97 Å². The van der Waals surface area contributed by atoms with E-state index in [1.807, 2.05) is 59.2 Å². The molecule has 4 nitrogen and oxygen atoms in total. The molecule has 1 N–H and O–H groups in total. The maximum Gasteiger partial charge on any atom is 0.312 e. The zero-order valence-corrected chi connectivity index (χ0v) is 17.3. The molecule has 0 bridgehead atoms. The maximum absolute atomic E-state index is 12.1. The second-order valence-corrected chi connectivity index (χ2v) is 8.04. The summed E-state index contributed by atoms with van der Waals surface area (Å²) in [5.41, 5.74) is 2.64. The van der Waals surface area contributed by atoms with Gasteiger partial charge in [-0.25, -0.2) is 4.98 Å². The lowest BCUT2D eigenvalue weighted by atomic mass is 9.96. The van der Waals surface area contributed by atoms with Gasteiger partial charge < -0.3 is 9.67 Å². The van der Waals surface area contributed by atoms with Gasteiger partial charge in [-0.15, -0.1) is 0 Å². The van der Waals surface area contributed by atoms with Crippen molar-refractivity contribution < 1.29 is 9.90 Å². The molecule has 146 valence electrons. The Kier molecular flexibility index (Phi) is 7.18. The molecule has 1 aromatic heterocycles. The van der Waals surface area contributed by atoms with Crippen LogP contribution in [0.15, 0.2) is 66.0 Å². The number of carboxylic acid groups (broad SMARTS) is 1. The fraction of sp³-hybridized carbons (Fsp3) is 0.273. The van der Waals surface area contributed by atoms with Crippen LogP contribution in [0, 0.1) is 0 Å². The number of rotatable bonds is 9. The number of thioether (sulfide) groups is 1. The second-order valence-electron chi connectivity index (χ2n) is 6.57. The van der Waals surface area contributed by atoms with Crippen LogP contribution in [-0.2, 0) is 17.8 Å². The number of halogens is 1. The molecule has 1 heterocycles. The Hall–Kier alpha value is -2.24. The van der Waals surface area contributed by atoms with Gasteiger partial charge in [-0.3, -0.25) is 4.79 Å². The quantitative estimate of drug-likeness (QED) is 0.470. The van der Waals surface area contributed by atoms with Crippen LogP contribution >= 0.6 is 23.4 Å². The predicted octanol–water partition coefficient (Wildman–Crippen LogP) is 5.50. The molecular weight excluding hydrogens is 392 g/mol. The summed E-state index contributed by atoms with van der Waals surface area (Å²) < 4.78 is 2.00. The second kappa shape index (κ2) is 9.80. The number of aromatic nitrogens is 2. The van der Waals surface area contributed by atoms with Crippen molar-refractivity contribution in [3.63, 3.8) is 0 Å². The third kappa shape index (κ3) is 4.97. The topological polar surface area (TPSA) is 55.1 Å². The summed E-state index contributed by atoms with van der Waals surface area (Å²) >= 11 is 8.01. The first-order valence-corrected chi connectivity index (χ1v) is 10.6. The lowest BCUT2D eigenvalue weighted by Gasteiger charge is -2.18. The van der Waals surface area contributed by atoms with Crippen LogP contribution < -0.4 is 0 Å². The number of hydrogen-bond donors (Lipinski definition) is 1. The first kappa shape index (κ1) is 20.5. The van der Waals surface area contributed by atoms with E-state index in [0.717, 1.165) is 28.5 Å². The number of nitrogens with zero attached hydrogens (tertiary/aromatic N) is 2. The Morgan fingerprint density at radius 2 is 1.89 bits per heavy atom. The van der Waals surface area contributed by atoms with E-state index < -0.39 is 11.9 Å². The summed E-state index contributed by atoms with van der Waals surface area (Å²) in [5.74, 6) is -0.598. The van der Waals surface area contributed by atoms with Gasteiger partial charge in [-0.1, -0.05) is 78.8 Å². The molecule has 0 fully saturated rings. The van der Waals surface area contributed by atoms with Crippen LogP contribution in [0.25, 0.3) is 0 Å². The standard InChI is InChI=1S/C22H23ClN2O2S/c1-2-12-28-22-24-14-20(25(22)15-17-10-6-7-11-19(17)23)18(21(26)27)13-16-8-4-3-5-9-16/h3-11,14,18H,2,12-13,15H2,1H3,(H,26,27). The molecule has 0 saturated carbocycles. The average Bonchev–Trinajstić information content (AvgIpc) is 3.09. The minimum absolute atomic E-state index is 0.419. The number of carbonyl (C=O) groups is 1. The number of carboxylic acids is 1. The van der Waals surface area contributed by atoms with Gasteiger partial charge in [0.05, 0.1) is 18.4 Å².